The first-order valence-corrected chi connectivity index (χ1v) is 3.23. The van der Waals surface area contributed by atoms with Crippen LogP contribution in [0.1, 0.15) is 13.3 Å². The molecule has 0 aromatic heterocycles. The van der Waals surface area contributed by atoms with E-state index in [0.29, 0.717) is 6.42 Å². The summed E-state index contributed by atoms with van der Waals surface area (Å²) in [5, 5.41) is 17.0. The smallest absolute Gasteiger partial charge is 0.332 e. The largest absolute Gasteiger partial charge is 0.478 e. The predicted octanol–water partition coefficient (Wildman–Crippen LogP) is 0.492. The Hall–Kier alpha value is -1.32. The van der Waals surface area contributed by atoms with Crippen molar-refractivity contribution in [1.29, 1.82) is 0 Å². The van der Waals surface area contributed by atoms with Gasteiger partial charge in [-0.1, -0.05) is 6.92 Å². The van der Waals surface area contributed by atoms with E-state index < -0.39 is 11.9 Å². The van der Waals surface area contributed by atoms with Crippen LogP contribution in [0.15, 0.2) is 11.1 Å². The minimum absolute atomic E-state index is 0.0463. The average molecular weight is 156 g/mol. The zero-order chi connectivity index (χ0) is 8.59. The highest BCUT2D eigenvalue weighted by molar-refractivity contribution is 6.01. The van der Waals surface area contributed by atoms with E-state index in [-0.39, 0.29) is 17.1 Å². The summed E-state index contributed by atoms with van der Waals surface area (Å²) in [5.41, 5.74) is 0.0995. The summed E-state index contributed by atoms with van der Waals surface area (Å²) >= 11 is 0. The van der Waals surface area contributed by atoms with Crippen molar-refractivity contribution in [2.24, 2.45) is 5.92 Å². The predicted molar refractivity (Wildman–Crippen MR) is 36.1 cm³/mol. The maximum atomic E-state index is 10.4. The lowest BCUT2D eigenvalue weighted by Crippen LogP contribution is -2.26. The van der Waals surface area contributed by atoms with Crippen LogP contribution in [-0.2, 0) is 9.59 Å². The third-order valence-corrected chi connectivity index (χ3v) is 1.82. The van der Waals surface area contributed by atoms with Crippen LogP contribution in [0.5, 0.6) is 0 Å². The molecule has 1 aliphatic rings. The molecule has 1 atom stereocenters. The molecule has 0 aromatic carbocycles. The molecular formula is C7H8O4. The minimum Gasteiger partial charge on any atom is -0.478 e. The molecule has 0 heterocycles. The summed E-state index contributed by atoms with van der Waals surface area (Å²) in [5.74, 6) is -2.33. The normalized spacial score (nSPS) is 22.8. The molecule has 0 spiro atoms. The quantitative estimate of drug-likeness (QED) is 0.610. The van der Waals surface area contributed by atoms with Crippen molar-refractivity contribution in [2.75, 3.05) is 0 Å². The summed E-state index contributed by atoms with van der Waals surface area (Å²) in [4.78, 5) is 20.7. The molecule has 0 radical (unpaired) electrons. The molecule has 1 rings (SSSR count). The molecule has 2 N–H and O–H groups in total. The van der Waals surface area contributed by atoms with Crippen molar-refractivity contribution in [3.05, 3.63) is 11.1 Å². The number of hydrogen-bond donors (Lipinski definition) is 2. The molecule has 0 saturated heterocycles. The van der Waals surface area contributed by atoms with E-state index >= 15 is 0 Å². The summed E-state index contributed by atoms with van der Waals surface area (Å²) in [6.07, 6.45) is 0.372. The number of aliphatic carboxylic acids is 2. The highest BCUT2D eigenvalue weighted by atomic mass is 16.4. The molecule has 0 saturated carbocycles. The van der Waals surface area contributed by atoms with Crippen LogP contribution in [0.2, 0.25) is 0 Å². The van der Waals surface area contributed by atoms with Gasteiger partial charge in [-0.05, 0) is 12.3 Å². The van der Waals surface area contributed by atoms with E-state index in [0.717, 1.165) is 0 Å². The SMILES string of the molecule is CC1CC(C(=O)O)=C1C(=O)O. The van der Waals surface area contributed by atoms with Crippen molar-refractivity contribution < 1.29 is 19.8 Å². The van der Waals surface area contributed by atoms with Gasteiger partial charge in [0.25, 0.3) is 0 Å². The summed E-state index contributed by atoms with van der Waals surface area (Å²) in [6.45, 7) is 1.70. The first-order chi connectivity index (χ1) is 5.04. The van der Waals surface area contributed by atoms with Crippen molar-refractivity contribution in [3.8, 4) is 0 Å². The van der Waals surface area contributed by atoms with E-state index in [9.17, 15) is 9.59 Å². The molecule has 0 amide bonds. The van der Waals surface area contributed by atoms with Gasteiger partial charge in [0, 0.05) is 5.57 Å². The molecular weight excluding hydrogens is 148 g/mol. The number of rotatable bonds is 2. The molecule has 0 fully saturated rings. The lowest BCUT2D eigenvalue weighted by atomic mass is 9.78. The molecule has 60 valence electrons. The zero-order valence-corrected chi connectivity index (χ0v) is 6.00. The van der Waals surface area contributed by atoms with Crippen LogP contribution in [0, 0.1) is 5.92 Å². The fourth-order valence-electron chi connectivity index (χ4n) is 1.23. The maximum absolute atomic E-state index is 10.4. The van der Waals surface area contributed by atoms with Gasteiger partial charge in [0.2, 0.25) is 0 Å². The van der Waals surface area contributed by atoms with Crippen LogP contribution in [-0.4, -0.2) is 22.2 Å². The Labute approximate surface area is 63.1 Å². The Morgan fingerprint density at radius 1 is 1.36 bits per heavy atom. The van der Waals surface area contributed by atoms with E-state index in [1.807, 2.05) is 0 Å². The second-order valence-electron chi connectivity index (χ2n) is 2.61. The molecule has 4 heteroatoms. The fraction of sp³-hybridized carbons (Fsp3) is 0.429. The lowest BCUT2D eigenvalue weighted by Gasteiger charge is -2.24. The molecule has 0 aliphatic heterocycles. The third kappa shape index (κ3) is 1.11. The van der Waals surface area contributed by atoms with Crippen LogP contribution >= 0.6 is 0 Å². The third-order valence-electron chi connectivity index (χ3n) is 1.82. The fourth-order valence-corrected chi connectivity index (χ4v) is 1.23. The van der Waals surface area contributed by atoms with Gasteiger partial charge < -0.3 is 10.2 Å². The highest BCUT2D eigenvalue weighted by Crippen LogP contribution is 2.34. The van der Waals surface area contributed by atoms with Gasteiger partial charge in [-0.2, -0.15) is 0 Å². The Kier molecular flexibility index (Phi) is 1.68. The highest BCUT2D eigenvalue weighted by Gasteiger charge is 2.34. The van der Waals surface area contributed by atoms with Gasteiger partial charge >= 0.3 is 11.9 Å². The van der Waals surface area contributed by atoms with Gasteiger partial charge in [-0.25, -0.2) is 9.59 Å². The van der Waals surface area contributed by atoms with Crippen LogP contribution in [0.3, 0.4) is 0 Å². The van der Waals surface area contributed by atoms with E-state index in [2.05, 4.69) is 0 Å². The first kappa shape index (κ1) is 7.78. The van der Waals surface area contributed by atoms with Crippen molar-refractivity contribution in [2.45, 2.75) is 13.3 Å². The topological polar surface area (TPSA) is 74.6 Å². The van der Waals surface area contributed by atoms with Crippen molar-refractivity contribution >= 4 is 11.9 Å². The van der Waals surface area contributed by atoms with Crippen molar-refractivity contribution in [1.82, 2.24) is 0 Å². The monoisotopic (exact) mass is 156 g/mol. The van der Waals surface area contributed by atoms with E-state index in [1.54, 1.807) is 6.92 Å². The van der Waals surface area contributed by atoms with Gasteiger partial charge in [-0.3, -0.25) is 0 Å². The summed E-state index contributed by atoms with van der Waals surface area (Å²) < 4.78 is 0. The Morgan fingerprint density at radius 2 is 1.91 bits per heavy atom. The zero-order valence-electron chi connectivity index (χ0n) is 6.00. The van der Waals surface area contributed by atoms with Crippen LogP contribution in [0.4, 0.5) is 0 Å². The van der Waals surface area contributed by atoms with Gasteiger partial charge in [0.15, 0.2) is 0 Å². The number of carbonyl (C=O) groups is 2. The lowest BCUT2D eigenvalue weighted by molar-refractivity contribution is -0.137. The first-order valence-electron chi connectivity index (χ1n) is 3.23. The van der Waals surface area contributed by atoms with Crippen molar-refractivity contribution in [3.63, 3.8) is 0 Å². The second kappa shape index (κ2) is 2.38. The maximum Gasteiger partial charge on any atom is 0.332 e. The molecule has 0 bridgehead atoms. The van der Waals surface area contributed by atoms with E-state index in [4.69, 9.17) is 10.2 Å². The summed E-state index contributed by atoms with van der Waals surface area (Å²) in [7, 11) is 0. The van der Waals surface area contributed by atoms with Gasteiger partial charge in [-0.15, -0.1) is 0 Å². The van der Waals surface area contributed by atoms with Crippen LogP contribution < -0.4 is 0 Å². The molecule has 1 unspecified atom stereocenters. The second-order valence-corrected chi connectivity index (χ2v) is 2.61. The Balaban J connectivity index is 2.95. The minimum atomic E-state index is -1.11. The number of carboxylic acids is 2. The molecule has 0 aromatic rings. The summed E-state index contributed by atoms with van der Waals surface area (Å²) in [6, 6.07) is 0. The molecule has 1 aliphatic carbocycles. The van der Waals surface area contributed by atoms with Crippen LogP contribution in [0.25, 0.3) is 0 Å². The van der Waals surface area contributed by atoms with Gasteiger partial charge in [0.1, 0.15) is 0 Å². The molecule has 11 heavy (non-hydrogen) atoms. The molecule has 4 nitrogen and oxygen atoms in total. The number of carboxylic acid groups (broad SMARTS) is 2. The number of hydrogen-bond acceptors (Lipinski definition) is 2. The standard InChI is InChI=1S/C7H8O4/c1-3-2-4(6(8)9)5(3)7(10)11/h3H,2H2,1H3,(H,8,9)(H,10,11). The average Bonchev–Trinajstić information content (AvgIpc) is 1.80. The van der Waals surface area contributed by atoms with E-state index in [1.165, 1.54) is 0 Å². The van der Waals surface area contributed by atoms with Gasteiger partial charge in [0.05, 0.1) is 5.57 Å². The Morgan fingerprint density at radius 3 is 2.09 bits per heavy atom. The Bertz CT molecular complexity index is 251.